The third-order valence-electron chi connectivity index (χ3n) is 2.01. The summed E-state index contributed by atoms with van der Waals surface area (Å²) in [5, 5.41) is 9.41. The Morgan fingerprint density at radius 1 is 1.38 bits per heavy atom. The predicted molar refractivity (Wildman–Crippen MR) is 61.1 cm³/mol. The quantitative estimate of drug-likeness (QED) is 0.888. The Hall–Kier alpha value is -1.88. The minimum absolute atomic E-state index is 0.0377. The zero-order chi connectivity index (χ0) is 11.5. The summed E-state index contributed by atoms with van der Waals surface area (Å²) in [6, 6.07) is 9.36. The molecule has 0 spiro atoms. The van der Waals surface area contributed by atoms with Crippen LogP contribution in [0.5, 0.6) is 5.06 Å². The van der Waals surface area contributed by atoms with E-state index in [-0.39, 0.29) is 5.01 Å². The van der Waals surface area contributed by atoms with E-state index in [4.69, 9.17) is 9.84 Å². The van der Waals surface area contributed by atoms with Gasteiger partial charge < -0.3 is 9.84 Å². The third kappa shape index (κ3) is 1.90. The maximum absolute atomic E-state index is 10.8. The van der Waals surface area contributed by atoms with Crippen LogP contribution in [-0.2, 0) is 0 Å². The molecule has 0 aliphatic carbocycles. The molecular formula is C11H9NO3S. The summed E-state index contributed by atoms with van der Waals surface area (Å²) in [4.78, 5) is 14.9. The molecule has 1 N–H and O–H groups in total. The normalized spacial score (nSPS) is 10.1. The number of carboxylic acid groups (broad SMARTS) is 1. The predicted octanol–water partition coefficient (Wildman–Crippen LogP) is 2.52. The minimum atomic E-state index is -1.04. The van der Waals surface area contributed by atoms with E-state index in [0.717, 1.165) is 16.9 Å². The number of nitrogens with zero attached hydrogens (tertiary/aromatic N) is 1. The van der Waals surface area contributed by atoms with Gasteiger partial charge in [-0.25, -0.2) is 9.78 Å². The molecule has 2 aromatic rings. The van der Waals surface area contributed by atoms with Gasteiger partial charge in [-0.1, -0.05) is 41.7 Å². The van der Waals surface area contributed by atoms with Gasteiger partial charge in [0.2, 0.25) is 10.1 Å². The van der Waals surface area contributed by atoms with Gasteiger partial charge in [0.15, 0.2) is 0 Å². The highest BCUT2D eigenvalue weighted by atomic mass is 32.1. The number of carboxylic acids is 1. The molecule has 82 valence electrons. The Balaban J connectivity index is 2.52. The Labute approximate surface area is 96.1 Å². The van der Waals surface area contributed by atoms with Crippen molar-refractivity contribution in [3.63, 3.8) is 0 Å². The van der Waals surface area contributed by atoms with Crippen LogP contribution in [0.25, 0.3) is 11.3 Å². The van der Waals surface area contributed by atoms with Crippen molar-refractivity contribution in [3.05, 3.63) is 35.3 Å². The fourth-order valence-corrected chi connectivity index (χ4v) is 2.06. The number of thiazole rings is 1. The summed E-state index contributed by atoms with van der Waals surface area (Å²) in [7, 11) is 1.51. The van der Waals surface area contributed by atoms with Crippen molar-refractivity contribution in [2.45, 2.75) is 0 Å². The molecule has 0 aliphatic rings. The number of aromatic nitrogens is 1. The van der Waals surface area contributed by atoms with Crippen molar-refractivity contribution in [3.8, 4) is 16.3 Å². The molecule has 0 bridgehead atoms. The average Bonchev–Trinajstić information content (AvgIpc) is 2.74. The first-order valence-corrected chi connectivity index (χ1v) is 5.37. The molecule has 0 radical (unpaired) electrons. The molecule has 0 amide bonds. The van der Waals surface area contributed by atoms with Crippen molar-refractivity contribution in [1.82, 2.24) is 4.98 Å². The molecule has 1 aromatic carbocycles. The molecule has 0 saturated carbocycles. The van der Waals surface area contributed by atoms with Crippen LogP contribution in [0.3, 0.4) is 0 Å². The summed E-state index contributed by atoms with van der Waals surface area (Å²) in [6.45, 7) is 0. The van der Waals surface area contributed by atoms with Crippen molar-refractivity contribution in [2.75, 3.05) is 7.11 Å². The molecule has 0 aliphatic heterocycles. The first-order chi connectivity index (χ1) is 7.72. The van der Waals surface area contributed by atoms with Gasteiger partial charge in [0.05, 0.1) is 7.11 Å². The van der Waals surface area contributed by atoms with Crippen molar-refractivity contribution in [2.24, 2.45) is 0 Å². The van der Waals surface area contributed by atoms with Crippen LogP contribution >= 0.6 is 11.3 Å². The maximum atomic E-state index is 10.8. The first-order valence-electron chi connectivity index (χ1n) is 4.56. The molecule has 0 unspecified atom stereocenters. The van der Waals surface area contributed by atoms with E-state index in [0.29, 0.717) is 10.8 Å². The SMILES string of the molecule is COc1sc(C(=O)O)nc1-c1ccccc1. The van der Waals surface area contributed by atoms with Gasteiger partial charge >= 0.3 is 5.97 Å². The van der Waals surface area contributed by atoms with Crippen molar-refractivity contribution < 1.29 is 14.6 Å². The minimum Gasteiger partial charge on any atom is -0.486 e. The van der Waals surface area contributed by atoms with Gasteiger partial charge in [-0.2, -0.15) is 0 Å². The van der Waals surface area contributed by atoms with Crippen LogP contribution in [0, 0.1) is 0 Å². The van der Waals surface area contributed by atoms with E-state index in [1.165, 1.54) is 7.11 Å². The standard InChI is InChI=1S/C11H9NO3S/c1-15-11-8(7-5-3-2-4-6-7)12-9(16-11)10(13)14/h2-6H,1H3,(H,13,14). The van der Waals surface area contributed by atoms with Gasteiger partial charge in [0.25, 0.3) is 0 Å². The van der Waals surface area contributed by atoms with E-state index in [1.807, 2.05) is 30.3 Å². The molecule has 0 saturated heterocycles. The van der Waals surface area contributed by atoms with Crippen LogP contribution in [0.4, 0.5) is 0 Å². The van der Waals surface area contributed by atoms with Crippen LogP contribution in [0.15, 0.2) is 30.3 Å². The highest BCUT2D eigenvalue weighted by Gasteiger charge is 2.17. The third-order valence-corrected chi connectivity index (χ3v) is 3.02. The number of rotatable bonds is 3. The molecule has 0 atom stereocenters. The van der Waals surface area contributed by atoms with E-state index < -0.39 is 5.97 Å². The molecule has 1 aromatic heterocycles. The van der Waals surface area contributed by atoms with E-state index >= 15 is 0 Å². The fourth-order valence-electron chi connectivity index (χ4n) is 1.31. The molecule has 2 rings (SSSR count). The number of methoxy groups -OCH3 is 1. The van der Waals surface area contributed by atoms with Crippen molar-refractivity contribution in [1.29, 1.82) is 0 Å². The van der Waals surface area contributed by atoms with Crippen LogP contribution in [-0.4, -0.2) is 23.2 Å². The lowest BCUT2D eigenvalue weighted by Gasteiger charge is -1.99. The lowest BCUT2D eigenvalue weighted by Crippen LogP contribution is -1.94. The number of aromatic carboxylic acids is 1. The second-order valence-electron chi connectivity index (χ2n) is 3.03. The Morgan fingerprint density at radius 2 is 2.06 bits per heavy atom. The summed E-state index contributed by atoms with van der Waals surface area (Å²) in [5.41, 5.74) is 1.42. The highest BCUT2D eigenvalue weighted by Crippen LogP contribution is 2.34. The zero-order valence-corrected chi connectivity index (χ0v) is 9.32. The zero-order valence-electron chi connectivity index (χ0n) is 8.51. The Bertz CT molecular complexity index is 507. The van der Waals surface area contributed by atoms with Gasteiger partial charge in [0, 0.05) is 5.56 Å². The fraction of sp³-hybridized carbons (Fsp3) is 0.0909. The molecule has 4 nitrogen and oxygen atoms in total. The van der Waals surface area contributed by atoms with Gasteiger partial charge in [-0.05, 0) is 0 Å². The maximum Gasteiger partial charge on any atom is 0.365 e. The topological polar surface area (TPSA) is 59.4 Å². The second-order valence-corrected chi connectivity index (χ2v) is 3.99. The molecular weight excluding hydrogens is 226 g/mol. The number of hydrogen-bond donors (Lipinski definition) is 1. The number of benzene rings is 1. The smallest absolute Gasteiger partial charge is 0.365 e. The van der Waals surface area contributed by atoms with Gasteiger partial charge in [-0.15, -0.1) is 0 Å². The Morgan fingerprint density at radius 3 is 2.62 bits per heavy atom. The van der Waals surface area contributed by atoms with Crippen LogP contribution < -0.4 is 4.74 Å². The lowest BCUT2D eigenvalue weighted by molar-refractivity contribution is 0.0696. The number of ether oxygens (including phenoxy) is 1. The van der Waals surface area contributed by atoms with Crippen LogP contribution in [0.1, 0.15) is 9.80 Å². The Kier molecular flexibility index (Phi) is 2.87. The highest BCUT2D eigenvalue weighted by molar-refractivity contribution is 7.15. The first kappa shape index (κ1) is 10.6. The number of hydrogen-bond acceptors (Lipinski definition) is 4. The molecule has 5 heteroatoms. The summed E-state index contributed by atoms with van der Waals surface area (Å²) >= 11 is 1.03. The average molecular weight is 235 g/mol. The second kappa shape index (κ2) is 4.32. The van der Waals surface area contributed by atoms with E-state index in [1.54, 1.807) is 0 Å². The lowest BCUT2D eigenvalue weighted by atomic mass is 10.2. The largest absolute Gasteiger partial charge is 0.486 e. The number of carbonyl (C=O) groups is 1. The summed E-state index contributed by atoms with van der Waals surface area (Å²) < 4.78 is 5.12. The van der Waals surface area contributed by atoms with Crippen molar-refractivity contribution >= 4 is 17.3 Å². The van der Waals surface area contributed by atoms with E-state index in [9.17, 15) is 4.79 Å². The summed E-state index contributed by atoms with van der Waals surface area (Å²) in [5.74, 6) is -1.04. The molecule has 0 fully saturated rings. The monoisotopic (exact) mass is 235 g/mol. The van der Waals surface area contributed by atoms with Gasteiger partial charge in [-0.3, -0.25) is 0 Å². The molecule has 1 heterocycles. The van der Waals surface area contributed by atoms with Gasteiger partial charge in [0.1, 0.15) is 5.69 Å². The summed E-state index contributed by atoms with van der Waals surface area (Å²) in [6.07, 6.45) is 0. The van der Waals surface area contributed by atoms with Crippen LogP contribution in [0.2, 0.25) is 0 Å². The van der Waals surface area contributed by atoms with E-state index in [2.05, 4.69) is 4.98 Å². The molecule has 16 heavy (non-hydrogen) atoms.